The van der Waals surface area contributed by atoms with Crippen LogP contribution in [0, 0.1) is 0 Å². The molecule has 3 aromatic heterocycles. The summed E-state index contributed by atoms with van der Waals surface area (Å²) in [6.07, 6.45) is 6.54. The first kappa shape index (κ1) is 20.8. The number of ether oxygens (including phenoxy) is 1. The molecule has 0 aliphatic carbocycles. The minimum Gasteiger partial charge on any atom is -0.372 e. The molecule has 32 heavy (non-hydrogen) atoms. The SMILES string of the molecule is CC1CN(c2ccc(CN3CCc4nc(-c5cccnc5)[nH]c(=O)c4C3)cn2)CC(C)O1. The summed E-state index contributed by atoms with van der Waals surface area (Å²) in [7, 11) is 0. The number of anilines is 1. The largest absolute Gasteiger partial charge is 0.372 e. The maximum absolute atomic E-state index is 12.8. The maximum Gasteiger partial charge on any atom is 0.255 e. The number of rotatable bonds is 4. The van der Waals surface area contributed by atoms with E-state index >= 15 is 0 Å². The molecule has 166 valence electrons. The Balaban J connectivity index is 1.27. The average Bonchev–Trinajstić information content (AvgIpc) is 2.80. The number of nitrogens with zero attached hydrogens (tertiary/aromatic N) is 5. The second-order valence-electron chi connectivity index (χ2n) is 8.73. The first-order valence-electron chi connectivity index (χ1n) is 11.2. The lowest BCUT2D eigenvalue weighted by Crippen LogP contribution is -2.45. The maximum atomic E-state index is 12.8. The molecule has 8 heteroatoms. The van der Waals surface area contributed by atoms with E-state index in [4.69, 9.17) is 14.7 Å². The molecule has 0 aromatic carbocycles. The Bertz CT molecular complexity index is 1120. The third-order valence-electron chi connectivity index (χ3n) is 6.04. The van der Waals surface area contributed by atoms with Gasteiger partial charge in [0.25, 0.3) is 5.56 Å². The van der Waals surface area contributed by atoms with Crippen LogP contribution in [0.3, 0.4) is 0 Å². The predicted octanol–water partition coefficient (Wildman–Crippen LogP) is 2.40. The number of morpholine rings is 1. The smallest absolute Gasteiger partial charge is 0.255 e. The molecule has 5 heterocycles. The third-order valence-corrected chi connectivity index (χ3v) is 6.04. The second-order valence-corrected chi connectivity index (χ2v) is 8.73. The fraction of sp³-hybridized carbons (Fsp3) is 0.417. The van der Waals surface area contributed by atoms with E-state index in [0.717, 1.165) is 60.8 Å². The minimum atomic E-state index is -0.0671. The number of hydrogen-bond acceptors (Lipinski definition) is 7. The van der Waals surface area contributed by atoms with Crippen LogP contribution in [0.1, 0.15) is 30.7 Å². The number of aromatic amines is 1. The van der Waals surface area contributed by atoms with E-state index in [2.05, 4.69) is 45.7 Å². The van der Waals surface area contributed by atoms with E-state index in [1.54, 1.807) is 12.4 Å². The van der Waals surface area contributed by atoms with Crippen molar-refractivity contribution < 1.29 is 4.74 Å². The summed E-state index contributed by atoms with van der Waals surface area (Å²) in [6.45, 7) is 8.11. The number of fused-ring (bicyclic) bond motifs is 1. The van der Waals surface area contributed by atoms with Crippen LogP contribution in [0.25, 0.3) is 11.4 Å². The predicted molar refractivity (Wildman–Crippen MR) is 122 cm³/mol. The highest BCUT2D eigenvalue weighted by molar-refractivity contribution is 5.53. The molecule has 2 aliphatic heterocycles. The van der Waals surface area contributed by atoms with Crippen molar-refractivity contribution in [2.45, 2.75) is 45.6 Å². The summed E-state index contributed by atoms with van der Waals surface area (Å²) in [5, 5.41) is 0. The van der Waals surface area contributed by atoms with Gasteiger partial charge in [0.05, 0.1) is 23.5 Å². The molecule has 8 nitrogen and oxygen atoms in total. The van der Waals surface area contributed by atoms with Gasteiger partial charge < -0.3 is 14.6 Å². The Labute approximate surface area is 187 Å². The van der Waals surface area contributed by atoms with Gasteiger partial charge in [0, 0.05) is 63.3 Å². The molecule has 0 radical (unpaired) electrons. The van der Waals surface area contributed by atoms with E-state index in [9.17, 15) is 4.79 Å². The molecule has 1 saturated heterocycles. The number of aromatic nitrogens is 4. The van der Waals surface area contributed by atoms with Crippen LogP contribution in [0.5, 0.6) is 0 Å². The molecule has 0 spiro atoms. The summed E-state index contributed by atoms with van der Waals surface area (Å²) >= 11 is 0. The lowest BCUT2D eigenvalue weighted by molar-refractivity contribution is -0.00546. The van der Waals surface area contributed by atoms with Gasteiger partial charge >= 0.3 is 0 Å². The van der Waals surface area contributed by atoms with E-state index < -0.39 is 0 Å². The van der Waals surface area contributed by atoms with Crippen molar-refractivity contribution in [1.82, 2.24) is 24.8 Å². The lowest BCUT2D eigenvalue weighted by Gasteiger charge is -2.36. The van der Waals surface area contributed by atoms with Crippen molar-refractivity contribution in [1.29, 1.82) is 0 Å². The van der Waals surface area contributed by atoms with E-state index in [1.165, 1.54) is 0 Å². The van der Waals surface area contributed by atoms with Crippen LogP contribution in [0.15, 0.2) is 47.7 Å². The standard InChI is InChI=1S/C24H28N6O2/c1-16-12-30(13-17(2)32-16)22-6-5-18(10-26-22)14-29-9-7-21-20(15-29)24(31)28-23(27-21)19-4-3-8-25-11-19/h3-6,8,10-11,16-17H,7,9,12-15H2,1-2H3,(H,27,28,31). The first-order valence-corrected chi connectivity index (χ1v) is 11.2. The highest BCUT2D eigenvalue weighted by atomic mass is 16.5. The molecule has 2 aliphatic rings. The van der Waals surface area contributed by atoms with Gasteiger partial charge in [-0.1, -0.05) is 6.07 Å². The van der Waals surface area contributed by atoms with Crippen LogP contribution < -0.4 is 10.5 Å². The summed E-state index contributed by atoms with van der Waals surface area (Å²) in [4.78, 5) is 33.8. The van der Waals surface area contributed by atoms with Crippen molar-refractivity contribution in [3.05, 3.63) is 70.0 Å². The molecule has 0 saturated carbocycles. The van der Waals surface area contributed by atoms with Crippen molar-refractivity contribution in [2.75, 3.05) is 24.5 Å². The van der Waals surface area contributed by atoms with Gasteiger partial charge in [-0.3, -0.25) is 14.7 Å². The molecule has 5 rings (SSSR count). The Kier molecular flexibility index (Phi) is 5.71. The number of pyridine rings is 2. The summed E-state index contributed by atoms with van der Waals surface area (Å²) < 4.78 is 5.82. The summed E-state index contributed by atoms with van der Waals surface area (Å²) in [5.41, 5.74) is 3.54. The fourth-order valence-corrected chi connectivity index (χ4v) is 4.58. The molecule has 0 bridgehead atoms. The average molecular weight is 433 g/mol. The van der Waals surface area contributed by atoms with Gasteiger partial charge in [0.1, 0.15) is 11.6 Å². The normalized spacial score (nSPS) is 21.4. The van der Waals surface area contributed by atoms with Crippen molar-refractivity contribution in [2.24, 2.45) is 0 Å². The molecule has 0 amide bonds. The summed E-state index contributed by atoms with van der Waals surface area (Å²) in [5.74, 6) is 1.57. The zero-order valence-corrected chi connectivity index (χ0v) is 18.5. The van der Waals surface area contributed by atoms with E-state index in [1.807, 2.05) is 18.3 Å². The van der Waals surface area contributed by atoms with Gasteiger partial charge in [0.15, 0.2) is 0 Å². The van der Waals surface area contributed by atoms with E-state index in [-0.39, 0.29) is 17.8 Å². The quantitative estimate of drug-likeness (QED) is 0.677. The molecule has 3 aromatic rings. The zero-order valence-electron chi connectivity index (χ0n) is 18.5. The molecule has 1 N–H and O–H groups in total. The third kappa shape index (κ3) is 4.42. The number of H-pyrrole nitrogens is 1. The summed E-state index contributed by atoms with van der Waals surface area (Å²) in [6, 6.07) is 7.97. The molecular weight excluding hydrogens is 404 g/mol. The molecule has 2 atom stereocenters. The lowest BCUT2D eigenvalue weighted by atomic mass is 10.1. The Morgan fingerprint density at radius 3 is 2.72 bits per heavy atom. The first-order chi connectivity index (χ1) is 15.5. The van der Waals surface area contributed by atoms with Crippen molar-refractivity contribution in [3.63, 3.8) is 0 Å². The highest BCUT2D eigenvalue weighted by Gasteiger charge is 2.24. The van der Waals surface area contributed by atoms with Crippen LogP contribution in [-0.4, -0.2) is 56.7 Å². The Morgan fingerprint density at radius 1 is 1.16 bits per heavy atom. The number of hydrogen-bond donors (Lipinski definition) is 1. The van der Waals surface area contributed by atoms with Gasteiger partial charge in [0.2, 0.25) is 0 Å². The van der Waals surface area contributed by atoms with Gasteiger partial charge in [-0.2, -0.15) is 0 Å². The van der Waals surface area contributed by atoms with Gasteiger partial charge in [-0.25, -0.2) is 9.97 Å². The molecule has 1 fully saturated rings. The molecular formula is C24H28N6O2. The minimum absolute atomic E-state index is 0.0671. The van der Waals surface area contributed by atoms with Crippen molar-refractivity contribution in [3.8, 4) is 11.4 Å². The van der Waals surface area contributed by atoms with Crippen molar-refractivity contribution >= 4 is 5.82 Å². The van der Waals surface area contributed by atoms with E-state index in [0.29, 0.717) is 12.4 Å². The topological polar surface area (TPSA) is 87.2 Å². The van der Waals surface area contributed by atoms with Crippen LogP contribution in [-0.2, 0) is 24.2 Å². The monoisotopic (exact) mass is 432 g/mol. The Morgan fingerprint density at radius 2 is 2.00 bits per heavy atom. The van der Waals surface area contributed by atoms with Gasteiger partial charge in [-0.15, -0.1) is 0 Å². The highest BCUT2D eigenvalue weighted by Crippen LogP contribution is 2.21. The van der Waals surface area contributed by atoms with Crippen LogP contribution >= 0.6 is 0 Å². The molecule has 2 unspecified atom stereocenters. The second kappa shape index (κ2) is 8.80. The Hall–Kier alpha value is -3.10. The van der Waals surface area contributed by atoms with Crippen LogP contribution in [0.4, 0.5) is 5.82 Å². The van der Waals surface area contributed by atoms with Crippen LogP contribution in [0.2, 0.25) is 0 Å². The fourth-order valence-electron chi connectivity index (χ4n) is 4.58. The zero-order chi connectivity index (χ0) is 22.1. The van der Waals surface area contributed by atoms with Gasteiger partial charge in [-0.05, 0) is 37.6 Å². The number of nitrogens with one attached hydrogen (secondary N) is 1.